The molecule has 0 bridgehead atoms. The molecule has 0 aromatic heterocycles. The molecule has 1 heterocycles. The molecule has 2 atom stereocenters. The van der Waals surface area contributed by atoms with Crippen LogP contribution in [-0.2, 0) is 0 Å². The van der Waals surface area contributed by atoms with Crippen molar-refractivity contribution in [2.24, 2.45) is 11.7 Å². The van der Waals surface area contributed by atoms with Crippen molar-refractivity contribution in [1.82, 2.24) is 4.90 Å². The van der Waals surface area contributed by atoms with Crippen LogP contribution in [0.5, 0.6) is 0 Å². The number of likely N-dealkylation sites (tertiary alicyclic amines) is 1. The number of benzene rings is 1. The van der Waals surface area contributed by atoms with E-state index in [0.717, 1.165) is 19.4 Å². The van der Waals surface area contributed by atoms with Gasteiger partial charge in [0.05, 0.1) is 12.1 Å². The lowest BCUT2D eigenvalue weighted by molar-refractivity contribution is 0.0550. The van der Waals surface area contributed by atoms with E-state index in [4.69, 9.17) is 5.73 Å². The Morgan fingerprint density at radius 3 is 2.95 bits per heavy atom. The van der Waals surface area contributed by atoms with Crippen LogP contribution in [-0.4, -0.2) is 29.9 Å². The van der Waals surface area contributed by atoms with Crippen molar-refractivity contribution in [3.8, 4) is 11.8 Å². The maximum absolute atomic E-state index is 13.4. The van der Waals surface area contributed by atoms with E-state index in [9.17, 15) is 9.18 Å². The summed E-state index contributed by atoms with van der Waals surface area (Å²) in [5.41, 5.74) is 6.23. The fourth-order valence-corrected chi connectivity index (χ4v) is 2.73. The van der Waals surface area contributed by atoms with Crippen LogP contribution in [0.1, 0.15) is 42.6 Å². The van der Waals surface area contributed by atoms with Crippen molar-refractivity contribution in [3.63, 3.8) is 0 Å². The summed E-state index contributed by atoms with van der Waals surface area (Å²) in [6.45, 7) is 5.15. The number of halogens is 1. The summed E-state index contributed by atoms with van der Waals surface area (Å²) in [5.74, 6) is 5.49. The quantitative estimate of drug-likeness (QED) is 0.807. The zero-order valence-electron chi connectivity index (χ0n) is 12.5. The van der Waals surface area contributed by atoms with Crippen molar-refractivity contribution >= 4 is 5.91 Å². The van der Waals surface area contributed by atoms with Crippen LogP contribution >= 0.6 is 0 Å². The Kier molecular flexibility index (Phi) is 4.98. The van der Waals surface area contributed by atoms with Gasteiger partial charge < -0.3 is 10.6 Å². The molecule has 0 radical (unpaired) electrons. The Morgan fingerprint density at radius 1 is 1.48 bits per heavy atom. The second-order valence-electron chi connectivity index (χ2n) is 5.55. The topological polar surface area (TPSA) is 46.3 Å². The average Bonchev–Trinajstić information content (AvgIpc) is 2.47. The molecule has 2 unspecified atom stereocenters. The van der Waals surface area contributed by atoms with Crippen LogP contribution in [0.3, 0.4) is 0 Å². The fraction of sp³-hybridized carbons (Fsp3) is 0.471. The third-order valence-corrected chi connectivity index (χ3v) is 4.17. The van der Waals surface area contributed by atoms with Gasteiger partial charge in [-0.3, -0.25) is 4.79 Å². The van der Waals surface area contributed by atoms with Gasteiger partial charge in [-0.1, -0.05) is 18.8 Å². The fourth-order valence-electron chi connectivity index (χ4n) is 2.73. The number of hydrogen-bond acceptors (Lipinski definition) is 2. The molecule has 1 aliphatic rings. The highest BCUT2D eigenvalue weighted by atomic mass is 19.1. The van der Waals surface area contributed by atoms with E-state index in [0.29, 0.717) is 17.0 Å². The zero-order valence-corrected chi connectivity index (χ0v) is 12.5. The third-order valence-electron chi connectivity index (χ3n) is 4.17. The standard InChI is InChI=1S/C17H21FN2O/c1-12-5-4-10-20(13(12)2)17(21)16-8-7-15(18)11-14(16)6-3-9-19/h7-8,11-13H,4-5,9-10,19H2,1-2H3. The van der Waals surface area contributed by atoms with E-state index in [1.807, 2.05) is 4.90 Å². The van der Waals surface area contributed by atoms with Crippen molar-refractivity contribution < 1.29 is 9.18 Å². The van der Waals surface area contributed by atoms with Gasteiger partial charge in [-0.2, -0.15) is 0 Å². The van der Waals surface area contributed by atoms with Crippen LogP contribution in [0.2, 0.25) is 0 Å². The summed E-state index contributed by atoms with van der Waals surface area (Å²) in [7, 11) is 0. The number of rotatable bonds is 1. The van der Waals surface area contributed by atoms with Gasteiger partial charge in [0.2, 0.25) is 0 Å². The summed E-state index contributed by atoms with van der Waals surface area (Å²) in [5, 5.41) is 0. The van der Waals surface area contributed by atoms with Gasteiger partial charge in [0.25, 0.3) is 5.91 Å². The van der Waals surface area contributed by atoms with E-state index < -0.39 is 5.82 Å². The Balaban J connectivity index is 2.34. The van der Waals surface area contributed by atoms with Crippen LogP contribution in [0.4, 0.5) is 4.39 Å². The summed E-state index contributed by atoms with van der Waals surface area (Å²) in [6.07, 6.45) is 2.14. The summed E-state index contributed by atoms with van der Waals surface area (Å²) >= 11 is 0. The monoisotopic (exact) mass is 288 g/mol. The van der Waals surface area contributed by atoms with E-state index in [1.54, 1.807) is 0 Å². The van der Waals surface area contributed by atoms with E-state index >= 15 is 0 Å². The second-order valence-corrected chi connectivity index (χ2v) is 5.55. The minimum Gasteiger partial charge on any atom is -0.336 e. The van der Waals surface area contributed by atoms with E-state index in [1.165, 1.54) is 18.2 Å². The molecule has 1 aromatic carbocycles. The maximum atomic E-state index is 13.4. The summed E-state index contributed by atoms with van der Waals surface area (Å²) in [4.78, 5) is 14.6. The normalized spacial score (nSPS) is 21.6. The molecule has 0 aliphatic carbocycles. The van der Waals surface area contributed by atoms with Gasteiger partial charge in [-0.25, -0.2) is 4.39 Å². The first kappa shape index (κ1) is 15.5. The lowest BCUT2D eigenvalue weighted by Crippen LogP contribution is -2.46. The Bertz CT molecular complexity index is 588. The highest BCUT2D eigenvalue weighted by Crippen LogP contribution is 2.25. The lowest BCUT2D eigenvalue weighted by atomic mass is 9.91. The molecule has 0 saturated carbocycles. The van der Waals surface area contributed by atoms with E-state index in [2.05, 4.69) is 25.7 Å². The highest BCUT2D eigenvalue weighted by Gasteiger charge is 2.29. The Labute approximate surface area is 125 Å². The molecule has 1 aromatic rings. The lowest BCUT2D eigenvalue weighted by Gasteiger charge is -2.38. The molecular weight excluding hydrogens is 267 g/mol. The number of carbonyl (C=O) groups excluding carboxylic acids is 1. The van der Waals surface area contributed by atoms with Crippen LogP contribution in [0.15, 0.2) is 18.2 Å². The molecule has 1 saturated heterocycles. The molecular formula is C17H21FN2O. The SMILES string of the molecule is CC1CCCN(C(=O)c2ccc(F)cc2C#CCN)C1C. The largest absolute Gasteiger partial charge is 0.336 e. The van der Waals surface area contributed by atoms with Gasteiger partial charge in [-0.05, 0) is 43.9 Å². The molecule has 21 heavy (non-hydrogen) atoms. The first-order valence-corrected chi connectivity index (χ1v) is 7.34. The molecule has 3 nitrogen and oxygen atoms in total. The number of carbonyl (C=O) groups is 1. The first-order chi connectivity index (χ1) is 10.0. The predicted molar refractivity (Wildman–Crippen MR) is 81.2 cm³/mol. The minimum atomic E-state index is -0.395. The molecule has 112 valence electrons. The highest BCUT2D eigenvalue weighted by molar-refractivity contribution is 5.97. The van der Waals surface area contributed by atoms with E-state index in [-0.39, 0.29) is 18.5 Å². The van der Waals surface area contributed by atoms with Crippen molar-refractivity contribution in [2.45, 2.75) is 32.7 Å². The number of nitrogens with two attached hydrogens (primary N) is 1. The molecule has 2 N–H and O–H groups in total. The van der Waals surface area contributed by atoms with Gasteiger partial charge >= 0.3 is 0 Å². The molecule has 1 fully saturated rings. The minimum absolute atomic E-state index is 0.0737. The Hall–Kier alpha value is -1.86. The number of piperidine rings is 1. The number of amides is 1. The molecule has 0 spiro atoms. The average molecular weight is 288 g/mol. The van der Waals surface area contributed by atoms with Crippen LogP contribution in [0.25, 0.3) is 0 Å². The van der Waals surface area contributed by atoms with Crippen molar-refractivity contribution in [2.75, 3.05) is 13.1 Å². The molecule has 4 heteroatoms. The van der Waals surface area contributed by atoms with Gasteiger partial charge in [0.1, 0.15) is 5.82 Å². The summed E-state index contributed by atoms with van der Waals surface area (Å²) < 4.78 is 13.4. The maximum Gasteiger partial charge on any atom is 0.255 e. The first-order valence-electron chi connectivity index (χ1n) is 7.34. The van der Waals surface area contributed by atoms with Gasteiger partial charge in [0, 0.05) is 18.2 Å². The van der Waals surface area contributed by atoms with Crippen LogP contribution < -0.4 is 5.73 Å². The number of nitrogens with zero attached hydrogens (tertiary/aromatic N) is 1. The third kappa shape index (κ3) is 3.43. The predicted octanol–water partition coefficient (Wildman–Crippen LogP) is 2.40. The number of hydrogen-bond donors (Lipinski definition) is 1. The van der Waals surface area contributed by atoms with Crippen LogP contribution in [0, 0.1) is 23.6 Å². The smallest absolute Gasteiger partial charge is 0.255 e. The van der Waals surface area contributed by atoms with Gasteiger partial charge in [-0.15, -0.1) is 0 Å². The molecule has 1 amide bonds. The molecule has 2 rings (SSSR count). The zero-order chi connectivity index (χ0) is 15.4. The van der Waals surface area contributed by atoms with Gasteiger partial charge in [0.15, 0.2) is 0 Å². The summed E-state index contributed by atoms with van der Waals surface area (Å²) in [6, 6.07) is 4.31. The Morgan fingerprint density at radius 2 is 2.24 bits per heavy atom. The van der Waals surface area contributed by atoms with Crippen molar-refractivity contribution in [1.29, 1.82) is 0 Å². The second kappa shape index (κ2) is 6.73. The van der Waals surface area contributed by atoms with Crippen molar-refractivity contribution in [3.05, 3.63) is 35.1 Å². The molecule has 1 aliphatic heterocycles.